The molecule has 0 aliphatic carbocycles. The molecule has 2 saturated heterocycles. The van der Waals surface area contributed by atoms with E-state index in [0.717, 1.165) is 63.4 Å². The van der Waals surface area contributed by atoms with E-state index >= 15 is 0 Å². The van der Waals surface area contributed by atoms with E-state index < -0.39 is 15.8 Å². The summed E-state index contributed by atoms with van der Waals surface area (Å²) in [6, 6.07) is 12.5. The van der Waals surface area contributed by atoms with Crippen LogP contribution in [0.25, 0.3) is 0 Å². The maximum Gasteiger partial charge on any atom is 0.232 e. The molecule has 2 aromatic carbocycles. The Hall–Kier alpha value is -3.85. The summed E-state index contributed by atoms with van der Waals surface area (Å²) in [5.41, 5.74) is 11.8. The van der Waals surface area contributed by atoms with Crippen LogP contribution in [-0.2, 0) is 29.3 Å². The number of para-hydroxylation sites is 1. The third-order valence-electron chi connectivity index (χ3n) is 9.84. The fraction of sp³-hybridized carbons (Fsp3) is 0.500. The number of sulfonamides is 1. The van der Waals surface area contributed by atoms with Crippen molar-refractivity contribution in [2.75, 3.05) is 86.1 Å². The van der Waals surface area contributed by atoms with Crippen LogP contribution >= 0.6 is 0 Å². The van der Waals surface area contributed by atoms with Gasteiger partial charge in [0, 0.05) is 70.7 Å². The number of anilines is 4. The van der Waals surface area contributed by atoms with Gasteiger partial charge in [-0.2, -0.15) is 0 Å². The summed E-state index contributed by atoms with van der Waals surface area (Å²) in [6.45, 7) is 6.94. The molecule has 2 fully saturated rings. The molecular weight excluding hydrogens is 604 g/mol. The Balaban J connectivity index is 1.17. The highest BCUT2D eigenvalue weighted by Gasteiger charge is 2.39. The lowest BCUT2D eigenvalue weighted by molar-refractivity contribution is 0.0982. The van der Waals surface area contributed by atoms with Crippen LogP contribution in [0.15, 0.2) is 47.7 Å². The summed E-state index contributed by atoms with van der Waals surface area (Å²) in [6.07, 6.45) is 5.85. The van der Waals surface area contributed by atoms with Gasteiger partial charge in [-0.1, -0.05) is 12.1 Å². The van der Waals surface area contributed by atoms with E-state index in [1.54, 1.807) is 13.4 Å². The number of aryl methyl sites for hydroxylation is 1. The molecule has 7 rings (SSSR count). The van der Waals surface area contributed by atoms with Crippen molar-refractivity contribution < 1.29 is 13.2 Å². The molecule has 1 unspecified atom stereocenters. The zero-order valence-corrected chi connectivity index (χ0v) is 27.8. The molecule has 1 atom stereocenters. The molecule has 0 spiro atoms. The van der Waals surface area contributed by atoms with Crippen LogP contribution in [0, 0.1) is 0 Å². The van der Waals surface area contributed by atoms with Crippen LogP contribution in [0.2, 0.25) is 0 Å². The standard InChI is InChI=1S/C32H44N10O3S/c1-38-16-18-41(19-17-38)23-11-13-40(14-12-23)24-8-9-25(27(20-24)45-3)32(33)36-30-29(39(2)21-34-30)31(37-32)35-26-7-5-6-22-10-15-42(28(22)26)46(4,43)44/h5-9,20-21,23,36H,10-19,33H2,1-4H3,(H,35,37). The number of hydrogen-bond acceptors (Lipinski definition) is 11. The molecule has 4 N–H and O–H groups in total. The topological polar surface area (TPSA) is 137 Å². The van der Waals surface area contributed by atoms with Gasteiger partial charge >= 0.3 is 0 Å². The Morgan fingerprint density at radius 3 is 2.52 bits per heavy atom. The van der Waals surface area contributed by atoms with Crippen molar-refractivity contribution in [1.82, 2.24) is 19.4 Å². The van der Waals surface area contributed by atoms with E-state index in [-0.39, 0.29) is 0 Å². The number of imidazole rings is 1. The van der Waals surface area contributed by atoms with Gasteiger partial charge in [0.1, 0.15) is 11.4 Å². The highest BCUT2D eigenvalue weighted by molar-refractivity contribution is 7.92. The lowest BCUT2D eigenvalue weighted by atomic mass is 10.00. The first-order valence-electron chi connectivity index (χ1n) is 16.0. The maximum atomic E-state index is 12.7. The Labute approximate surface area is 271 Å². The first-order valence-corrected chi connectivity index (χ1v) is 17.8. The van der Waals surface area contributed by atoms with Gasteiger partial charge in [0.25, 0.3) is 0 Å². The summed E-state index contributed by atoms with van der Waals surface area (Å²) in [5, 5.41) is 6.77. The molecule has 0 saturated carbocycles. The average Bonchev–Trinajstić information content (AvgIpc) is 3.65. The Bertz CT molecular complexity index is 1760. The summed E-state index contributed by atoms with van der Waals surface area (Å²) >= 11 is 0. The molecule has 0 radical (unpaired) electrons. The molecular formula is C32H44N10O3S. The summed E-state index contributed by atoms with van der Waals surface area (Å²) in [5.74, 6) is 0.255. The van der Waals surface area contributed by atoms with Crippen molar-refractivity contribution in [3.8, 4) is 5.75 Å². The molecule has 1 aromatic heterocycles. The van der Waals surface area contributed by atoms with Gasteiger partial charge in [-0.05, 0) is 50.1 Å². The van der Waals surface area contributed by atoms with E-state index in [1.165, 1.54) is 10.6 Å². The number of piperazine rings is 1. The molecule has 46 heavy (non-hydrogen) atoms. The molecule has 4 aliphatic rings. The van der Waals surface area contributed by atoms with Crippen molar-refractivity contribution in [2.45, 2.75) is 31.1 Å². The number of likely N-dealkylation sites (N-methyl/N-ethyl adjacent to an activating group) is 1. The Morgan fingerprint density at radius 1 is 1.04 bits per heavy atom. The van der Waals surface area contributed by atoms with Gasteiger partial charge in [0.15, 0.2) is 11.7 Å². The second kappa shape index (κ2) is 11.7. The number of rotatable bonds is 6. The van der Waals surface area contributed by atoms with Crippen LogP contribution in [0.1, 0.15) is 29.7 Å². The van der Waals surface area contributed by atoms with Crippen LogP contribution < -0.4 is 30.3 Å². The first kappa shape index (κ1) is 30.8. The van der Waals surface area contributed by atoms with Crippen molar-refractivity contribution in [3.63, 3.8) is 0 Å². The van der Waals surface area contributed by atoms with Crippen molar-refractivity contribution in [1.29, 1.82) is 0 Å². The lowest BCUT2D eigenvalue weighted by Crippen LogP contribution is -2.52. The minimum atomic E-state index is -3.46. The third-order valence-corrected chi connectivity index (χ3v) is 11.0. The monoisotopic (exact) mass is 648 g/mol. The Morgan fingerprint density at radius 2 is 1.80 bits per heavy atom. The van der Waals surface area contributed by atoms with Gasteiger partial charge in [0.05, 0.1) is 36.6 Å². The minimum Gasteiger partial charge on any atom is -0.496 e. The highest BCUT2D eigenvalue weighted by Crippen LogP contribution is 2.40. The second-order valence-electron chi connectivity index (χ2n) is 12.9. The number of nitrogens with two attached hydrogens (primary N) is 1. The number of benzene rings is 2. The predicted molar refractivity (Wildman–Crippen MR) is 182 cm³/mol. The normalized spacial score (nSPS) is 22.7. The van der Waals surface area contributed by atoms with Crippen molar-refractivity contribution in [3.05, 3.63) is 59.5 Å². The third kappa shape index (κ3) is 5.57. The fourth-order valence-electron chi connectivity index (χ4n) is 7.30. The molecule has 5 heterocycles. The number of fused-ring (bicyclic) bond motifs is 2. The largest absolute Gasteiger partial charge is 0.496 e. The van der Waals surface area contributed by atoms with Gasteiger partial charge in [-0.25, -0.2) is 18.4 Å². The quantitative estimate of drug-likeness (QED) is 0.364. The molecule has 0 bridgehead atoms. The SMILES string of the molecule is COc1cc(N2CCC(N3CCN(C)CC3)CC2)ccc1C1(N)N=C(Nc2cccc3c2N(S(C)(=O)=O)CC3)c2c(ncn2C)N1. The highest BCUT2D eigenvalue weighted by atomic mass is 32.2. The van der Waals surface area contributed by atoms with E-state index in [2.05, 4.69) is 43.4 Å². The molecule has 4 aliphatic heterocycles. The van der Waals surface area contributed by atoms with Crippen molar-refractivity contribution >= 4 is 38.7 Å². The molecule has 14 heteroatoms. The lowest BCUT2D eigenvalue weighted by Gasteiger charge is -2.42. The number of piperidine rings is 1. The first-order chi connectivity index (χ1) is 22.0. The summed E-state index contributed by atoms with van der Waals surface area (Å²) in [4.78, 5) is 17.1. The number of ether oxygens (including phenoxy) is 1. The van der Waals surface area contributed by atoms with Gasteiger partial charge in [0.2, 0.25) is 15.8 Å². The van der Waals surface area contributed by atoms with E-state index in [1.807, 2.05) is 41.9 Å². The second-order valence-corrected chi connectivity index (χ2v) is 14.8. The number of hydrogen-bond donors (Lipinski definition) is 3. The van der Waals surface area contributed by atoms with Crippen LogP contribution in [0.3, 0.4) is 0 Å². The van der Waals surface area contributed by atoms with Crippen LogP contribution in [0.5, 0.6) is 5.75 Å². The van der Waals surface area contributed by atoms with Crippen molar-refractivity contribution in [2.24, 2.45) is 17.8 Å². The summed E-state index contributed by atoms with van der Waals surface area (Å²) < 4.78 is 34.5. The number of nitrogens with one attached hydrogen (secondary N) is 2. The summed E-state index contributed by atoms with van der Waals surface area (Å²) in [7, 11) is 2.27. The average molecular weight is 649 g/mol. The number of aliphatic imine (C=N–C) groups is 1. The van der Waals surface area contributed by atoms with Gasteiger partial charge in [-0.15, -0.1) is 0 Å². The number of methoxy groups -OCH3 is 1. The molecule has 0 amide bonds. The predicted octanol–water partition coefficient (Wildman–Crippen LogP) is 2.02. The minimum absolute atomic E-state index is 0.399. The number of amidine groups is 1. The van der Waals surface area contributed by atoms with E-state index in [4.69, 9.17) is 15.5 Å². The fourth-order valence-corrected chi connectivity index (χ4v) is 8.27. The van der Waals surface area contributed by atoms with Crippen LogP contribution in [-0.4, -0.2) is 106 Å². The molecule has 3 aromatic rings. The van der Waals surface area contributed by atoms with Gasteiger partial charge in [-0.3, -0.25) is 14.9 Å². The Kier molecular flexibility index (Phi) is 7.86. The zero-order chi connectivity index (χ0) is 32.2. The smallest absolute Gasteiger partial charge is 0.232 e. The van der Waals surface area contributed by atoms with Crippen LogP contribution in [0.4, 0.5) is 22.9 Å². The number of aromatic nitrogens is 2. The van der Waals surface area contributed by atoms with E-state index in [0.29, 0.717) is 59.0 Å². The molecule has 246 valence electrons. The maximum absolute atomic E-state index is 12.7. The van der Waals surface area contributed by atoms with Gasteiger partial charge < -0.3 is 29.7 Å². The number of nitrogens with zero attached hydrogens (tertiary/aromatic N) is 7. The zero-order valence-electron chi connectivity index (χ0n) is 27.0. The molecule has 13 nitrogen and oxygen atoms in total. The van der Waals surface area contributed by atoms with E-state index in [9.17, 15) is 8.42 Å².